The third kappa shape index (κ3) is 3.46. The van der Waals surface area contributed by atoms with Gasteiger partial charge in [-0.05, 0) is 42.9 Å². The van der Waals surface area contributed by atoms with E-state index in [9.17, 15) is 9.18 Å². The lowest BCUT2D eigenvalue weighted by atomic mass is 9.92. The first-order valence-electron chi connectivity index (χ1n) is 9.00. The van der Waals surface area contributed by atoms with Gasteiger partial charge in [0.05, 0.1) is 6.04 Å². The van der Waals surface area contributed by atoms with Crippen molar-refractivity contribution in [3.05, 3.63) is 64.3 Å². The molecule has 1 atom stereocenters. The molecule has 1 aliphatic heterocycles. The van der Waals surface area contributed by atoms with Crippen molar-refractivity contribution in [2.75, 3.05) is 6.54 Å². The summed E-state index contributed by atoms with van der Waals surface area (Å²) < 4.78 is 19.8. The quantitative estimate of drug-likeness (QED) is 0.554. The van der Waals surface area contributed by atoms with Crippen molar-refractivity contribution in [1.82, 2.24) is 4.90 Å². The average molecular weight is 371 g/mol. The summed E-state index contributed by atoms with van der Waals surface area (Å²) in [7, 11) is 0. The van der Waals surface area contributed by atoms with Crippen LogP contribution in [0.5, 0.6) is 5.06 Å². The van der Waals surface area contributed by atoms with Crippen LogP contribution in [0.2, 0.25) is 0 Å². The van der Waals surface area contributed by atoms with E-state index in [2.05, 4.69) is 11.5 Å². The van der Waals surface area contributed by atoms with Crippen LogP contribution < -0.4 is 4.74 Å². The van der Waals surface area contributed by atoms with Gasteiger partial charge in [-0.2, -0.15) is 0 Å². The molecule has 4 rings (SSSR count). The minimum absolute atomic E-state index is 0.103. The molecule has 0 bridgehead atoms. The molecule has 2 aromatic rings. The Morgan fingerprint density at radius 1 is 1.38 bits per heavy atom. The van der Waals surface area contributed by atoms with Crippen LogP contribution in [0.15, 0.2) is 42.5 Å². The second-order valence-corrected chi connectivity index (χ2v) is 8.20. The van der Waals surface area contributed by atoms with Crippen LogP contribution in [0.3, 0.4) is 0 Å². The Morgan fingerprint density at radius 3 is 2.85 bits per heavy atom. The van der Waals surface area contributed by atoms with Gasteiger partial charge in [0.25, 0.3) is 0 Å². The Labute approximate surface area is 157 Å². The van der Waals surface area contributed by atoms with Crippen LogP contribution in [0, 0.1) is 11.7 Å². The Morgan fingerprint density at radius 2 is 2.15 bits per heavy atom. The van der Waals surface area contributed by atoms with Crippen molar-refractivity contribution in [2.45, 2.75) is 38.8 Å². The maximum atomic E-state index is 14.6. The first-order chi connectivity index (χ1) is 12.5. The zero-order valence-electron chi connectivity index (χ0n) is 14.8. The van der Waals surface area contributed by atoms with E-state index < -0.39 is 0 Å². The van der Waals surface area contributed by atoms with E-state index in [0.717, 1.165) is 37.9 Å². The maximum Gasteiger partial charge on any atom is 0.308 e. The van der Waals surface area contributed by atoms with Gasteiger partial charge < -0.3 is 4.74 Å². The SMILES string of the molecule is C=C(C1CC1)C(c1ccccc1F)N1CCc2sc(OC(C)=O)cc2C1. The zero-order chi connectivity index (χ0) is 18.3. The number of rotatable bonds is 5. The van der Waals surface area contributed by atoms with Crippen molar-refractivity contribution >= 4 is 17.3 Å². The highest BCUT2D eigenvalue weighted by Crippen LogP contribution is 2.46. The molecule has 0 radical (unpaired) electrons. The second kappa shape index (κ2) is 6.97. The molecule has 1 unspecified atom stereocenters. The van der Waals surface area contributed by atoms with Crippen molar-refractivity contribution < 1.29 is 13.9 Å². The molecule has 26 heavy (non-hydrogen) atoms. The second-order valence-electron chi connectivity index (χ2n) is 7.10. The molecule has 136 valence electrons. The van der Waals surface area contributed by atoms with Gasteiger partial charge in [-0.15, -0.1) is 11.3 Å². The predicted molar refractivity (Wildman–Crippen MR) is 101 cm³/mol. The molecule has 1 fully saturated rings. The number of hydrogen-bond acceptors (Lipinski definition) is 4. The number of nitrogens with zero attached hydrogens (tertiary/aromatic N) is 1. The summed E-state index contributed by atoms with van der Waals surface area (Å²) in [6.45, 7) is 7.32. The molecule has 0 amide bonds. The number of carbonyl (C=O) groups excluding carboxylic acids is 1. The zero-order valence-corrected chi connectivity index (χ0v) is 15.7. The molecule has 0 spiro atoms. The van der Waals surface area contributed by atoms with E-state index >= 15 is 0 Å². The van der Waals surface area contributed by atoms with Crippen LogP contribution in [-0.4, -0.2) is 17.4 Å². The molecule has 5 heteroatoms. The minimum atomic E-state index is -0.299. The minimum Gasteiger partial charge on any atom is -0.416 e. The Bertz CT molecular complexity index is 855. The van der Waals surface area contributed by atoms with Crippen LogP contribution >= 0.6 is 11.3 Å². The largest absolute Gasteiger partial charge is 0.416 e. The van der Waals surface area contributed by atoms with E-state index in [-0.39, 0.29) is 17.8 Å². The predicted octanol–water partition coefficient (Wildman–Crippen LogP) is 4.88. The van der Waals surface area contributed by atoms with E-state index in [1.165, 1.54) is 34.8 Å². The summed E-state index contributed by atoms with van der Waals surface area (Å²) in [5, 5.41) is 0.646. The van der Waals surface area contributed by atoms with Crippen molar-refractivity contribution in [2.24, 2.45) is 5.92 Å². The Hall–Kier alpha value is -1.98. The number of esters is 1. The third-order valence-electron chi connectivity index (χ3n) is 5.14. The summed E-state index contributed by atoms with van der Waals surface area (Å²) in [6, 6.07) is 8.88. The van der Waals surface area contributed by atoms with Gasteiger partial charge in [-0.3, -0.25) is 9.69 Å². The number of carbonyl (C=O) groups is 1. The molecule has 1 saturated carbocycles. The topological polar surface area (TPSA) is 29.5 Å². The lowest BCUT2D eigenvalue weighted by Crippen LogP contribution is -2.35. The lowest BCUT2D eigenvalue weighted by Gasteiger charge is -2.36. The number of fused-ring (bicyclic) bond motifs is 1. The van der Waals surface area contributed by atoms with Crippen LogP contribution in [0.1, 0.15) is 41.8 Å². The van der Waals surface area contributed by atoms with Gasteiger partial charge in [0.1, 0.15) is 5.82 Å². The number of halogens is 1. The van der Waals surface area contributed by atoms with Crippen molar-refractivity contribution in [3.63, 3.8) is 0 Å². The fraction of sp³-hybridized carbons (Fsp3) is 0.381. The number of thiophene rings is 1. The van der Waals surface area contributed by atoms with E-state index in [1.54, 1.807) is 6.07 Å². The molecule has 0 saturated heterocycles. The van der Waals surface area contributed by atoms with Crippen molar-refractivity contribution in [1.29, 1.82) is 0 Å². The lowest BCUT2D eigenvalue weighted by molar-refractivity contribution is -0.131. The normalized spacial score (nSPS) is 18.2. The van der Waals surface area contributed by atoms with Gasteiger partial charge in [-0.25, -0.2) is 4.39 Å². The smallest absolute Gasteiger partial charge is 0.308 e. The summed E-state index contributed by atoms with van der Waals surface area (Å²) in [6.07, 6.45) is 3.18. The molecule has 2 heterocycles. The van der Waals surface area contributed by atoms with Crippen molar-refractivity contribution in [3.8, 4) is 5.06 Å². The maximum absolute atomic E-state index is 14.6. The number of benzene rings is 1. The van der Waals surface area contributed by atoms with Gasteiger partial charge >= 0.3 is 5.97 Å². The molecule has 1 aromatic carbocycles. The molecule has 1 aromatic heterocycles. The third-order valence-corrected chi connectivity index (χ3v) is 6.25. The highest BCUT2D eigenvalue weighted by molar-refractivity contribution is 7.14. The van der Waals surface area contributed by atoms with Gasteiger partial charge in [0.2, 0.25) is 0 Å². The standard InChI is InChI=1S/C21H22FNO2S/c1-13(15-7-8-15)21(17-5-3-4-6-18(17)22)23-10-9-19-16(12-23)11-20(26-19)25-14(2)24/h3-6,11,15,21H,1,7-10,12H2,2H3. The van der Waals surface area contributed by atoms with Gasteiger partial charge in [0.15, 0.2) is 5.06 Å². The highest BCUT2D eigenvalue weighted by atomic mass is 32.1. The molecular weight excluding hydrogens is 349 g/mol. The van der Waals surface area contributed by atoms with Crippen LogP contribution in [0.25, 0.3) is 0 Å². The Kier molecular flexibility index (Phi) is 4.67. The van der Waals surface area contributed by atoms with E-state index in [0.29, 0.717) is 16.5 Å². The Balaban J connectivity index is 1.63. The fourth-order valence-corrected chi connectivity index (χ4v) is 4.80. The highest BCUT2D eigenvalue weighted by Gasteiger charge is 2.36. The van der Waals surface area contributed by atoms with Crippen LogP contribution in [0.4, 0.5) is 4.39 Å². The summed E-state index contributed by atoms with van der Waals surface area (Å²) in [5.74, 6) is 0.0305. The number of hydrogen-bond donors (Lipinski definition) is 0. The number of ether oxygens (including phenoxy) is 1. The molecule has 1 aliphatic carbocycles. The summed E-state index contributed by atoms with van der Waals surface area (Å²) in [5.41, 5.74) is 3.00. The fourth-order valence-electron chi connectivity index (χ4n) is 3.75. The van der Waals surface area contributed by atoms with E-state index in [4.69, 9.17) is 4.74 Å². The first kappa shape index (κ1) is 17.4. The summed E-state index contributed by atoms with van der Waals surface area (Å²) in [4.78, 5) is 14.8. The van der Waals surface area contributed by atoms with Gasteiger partial charge in [0, 0.05) is 30.5 Å². The molecule has 0 N–H and O–H groups in total. The first-order valence-corrected chi connectivity index (χ1v) is 9.81. The van der Waals surface area contributed by atoms with Gasteiger partial charge in [-0.1, -0.05) is 30.4 Å². The van der Waals surface area contributed by atoms with E-state index in [1.807, 2.05) is 18.2 Å². The average Bonchev–Trinajstić information content (AvgIpc) is 3.37. The molecule has 3 nitrogen and oxygen atoms in total. The molecular formula is C21H22FNO2S. The van der Waals surface area contributed by atoms with Crippen LogP contribution in [-0.2, 0) is 17.8 Å². The summed E-state index contributed by atoms with van der Waals surface area (Å²) >= 11 is 1.54. The monoisotopic (exact) mass is 371 g/mol. The molecule has 2 aliphatic rings.